The van der Waals surface area contributed by atoms with Crippen LogP contribution in [-0.2, 0) is 4.79 Å². The molecule has 0 atom stereocenters. The van der Waals surface area contributed by atoms with Crippen LogP contribution in [0, 0.1) is 0 Å². The monoisotopic (exact) mass is 439 g/mol. The van der Waals surface area contributed by atoms with Gasteiger partial charge in [0.15, 0.2) is 0 Å². The Balaban J connectivity index is 1.34. The molecule has 6 heteroatoms. The van der Waals surface area contributed by atoms with Gasteiger partial charge in [-0.1, -0.05) is 55.3 Å². The van der Waals surface area contributed by atoms with Crippen molar-refractivity contribution < 1.29 is 4.79 Å². The molecule has 0 radical (unpaired) electrons. The van der Waals surface area contributed by atoms with Crippen LogP contribution in [0.1, 0.15) is 31.2 Å². The molecule has 1 aromatic heterocycles. The van der Waals surface area contributed by atoms with Gasteiger partial charge in [-0.15, -0.1) is 0 Å². The first-order chi connectivity index (χ1) is 16.1. The summed E-state index contributed by atoms with van der Waals surface area (Å²) in [5, 5.41) is 1.14. The summed E-state index contributed by atoms with van der Waals surface area (Å²) in [5.41, 5.74) is 3.78. The molecule has 2 aliphatic heterocycles. The van der Waals surface area contributed by atoms with Crippen molar-refractivity contribution >= 4 is 22.6 Å². The SMILES string of the molecule is CN1CCN(CN2C(=O)C3(CCCC3)N=C2c2ccc(-c3ccnc4ccccc34)cc2)C1. The van der Waals surface area contributed by atoms with Gasteiger partial charge in [0, 0.05) is 30.2 Å². The lowest BCUT2D eigenvalue weighted by Crippen LogP contribution is -2.46. The normalized spacial score (nSPS) is 20.9. The average Bonchev–Trinajstić information content (AvgIpc) is 3.56. The summed E-state index contributed by atoms with van der Waals surface area (Å²) in [6, 6.07) is 18.8. The van der Waals surface area contributed by atoms with Crippen molar-refractivity contribution in [2.75, 3.05) is 33.5 Å². The molecule has 6 rings (SSSR count). The minimum Gasteiger partial charge on any atom is -0.292 e. The molecular formula is C27H29N5O. The second-order valence-corrected chi connectivity index (χ2v) is 9.62. The molecule has 2 aromatic carbocycles. The summed E-state index contributed by atoms with van der Waals surface area (Å²) in [7, 11) is 2.13. The highest BCUT2D eigenvalue weighted by Gasteiger charge is 2.50. The average molecular weight is 440 g/mol. The Morgan fingerprint density at radius 3 is 2.45 bits per heavy atom. The van der Waals surface area contributed by atoms with Crippen LogP contribution in [0.4, 0.5) is 0 Å². The van der Waals surface area contributed by atoms with E-state index in [1.807, 2.05) is 23.2 Å². The number of aromatic nitrogens is 1. The third kappa shape index (κ3) is 3.54. The van der Waals surface area contributed by atoms with Crippen molar-refractivity contribution in [1.29, 1.82) is 0 Å². The number of amidine groups is 1. The summed E-state index contributed by atoms with van der Waals surface area (Å²) >= 11 is 0. The zero-order valence-electron chi connectivity index (χ0n) is 19.1. The lowest BCUT2D eigenvalue weighted by molar-refractivity contribution is -0.132. The molecule has 0 N–H and O–H groups in total. The fourth-order valence-electron chi connectivity index (χ4n) is 5.55. The van der Waals surface area contributed by atoms with Crippen molar-refractivity contribution in [3.63, 3.8) is 0 Å². The molecule has 0 bridgehead atoms. The standard InChI is InChI=1S/C27H29N5O/c1-30-16-17-31(18-30)19-32-25(29-27(26(32)33)13-4-5-14-27)21-10-8-20(9-11-21)22-12-15-28-24-7-3-2-6-23(22)24/h2-3,6-12,15H,4-5,13-14,16-19H2,1H3. The zero-order chi connectivity index (χ0) is 22.4. The summed E-state index contributed by atoms with van der Waals surface area (Å²) in [6.45, 7) is 3.52. The molecule has 2 fully saturated rings. The molecule has 3 aliphatic rings. The highest BCUT2D eigenvalue weighted by molar-refractivity contribution is 6.15. The van der Waals surface area contributed by atoms with Gasteiger partial charge in [0.2, 0.25) is 0 Å². The number of pyridine rings is 1. The quantitative estimate of drug-likeness (QED) is 0.617. The number of aliphatic imine (C=N–C) groups is 1. The number of carbonyl (C=O) groups excluding carboxylic acids is 1. The van der Waals surface area contributed by atoms with Crippen LogP contribution >= 0.6 is 0 Å². The van der Waals surface area contributed by atoms with Crippen molar-refractivity contribution in [1.82, 2.24) is 19.7 Å². The highest BCUT2D eigenvalue weighted by atomic mass is 16.2. The van der Waals surface area contributed by atoms with Crippen LogP contribution < -0.4 is 0 Å². The van der Waals surface area contributed by atoms with Gasteiger partial charge in [-0.3, -0.25) is 29.5 Å². The fraction of sp³-hybridized carbons (Fsp3) is 0.370. The summed E-state index contributed by atoms with van der Waals surface area (Å²) < 4.78 is 0. The summed E-state index contributed by atoms with van der Waals surface area (Å²) in [6.07, 6.45) is 5.76. The minimum absolute atomic E-state index is 0.189. The van der Waals surface area contributed by atoms with E-state index in [0.717, 1.165) is 73.3 Å². The molecule has 1 amide bonds. The van der Waals surface area contributed by atoms with Gasteiger partial charge in [0.1, 0.15) is 11.4 Å². The van der Waals surface area contributed by atoms with E-state index in [1.165, 1.54) is 5.56 Å². The largest absolute Gasteiger partial charge is 0.292 e. The Kier molecular flexibility index (Phi) is 5.00. The molecule has 3 heterocycles. The van der Waals surface area contributed by atoms with Crippen molar-refractivity contribution in [3.05, 3.63) is 66.4 Å². The first kappa shape index (κ1) is 20.5. The maximum absolute atomic E-state index is 13.6. The zero-order valence-corrected chi connectivity index (χ0v) is 19.1. The van der Waals surface area contributed by atoms with E-state index in [-0.39, 0.29) is 5.91 Å². The van der Waals surface area contributed by atoms with Crippen LogP contribution in [-0.4, -0.2) is 70.4 Å². The molecule has 1 saturated carbocycles. The maximum atomic E-state index is 13.6. The maximum Gasteiger partial charge on any atom is 0.257 e. The number of carbonyl (C=O) groups is 1. The van der Waals surface area contributed by atoms with Gasteiger partial charge in [0.25, 0.3) is 5.91 Å². The number of amides is 1. The second kappa shape index (κ2) is 8.04. The van der Waals surface area contributed by atoms with E-state index in [2.05, 4.69) is 64.3 Å². The van der Waals surface area contributed by atoms with E-state index < -0.39 is 5.54 Å². The molecule has 1 aliphatic carbocycles. The van der Waals surface area contributed by atoms with Gasteiger partial charge < -0.3 is 0 Å². The number of fused-ring (bicyclic) bond motifs is 1. The molecule has 1 spiro atoms. The number of benzene rings is 2. The van der Waals surface area contributed by atoms with E-state index in [1.54, 1.807) is 0 Å². The van der Waals surface area contributed by atoms with Gasteiger partial charge in [-0.25, -0.2) is 0 Å². The Bertz CT molecular complexity index is 1220. The lowest BCUT2D eigenvalue weighted by atomic mass is 9.98. The van der Waals surface area contributed by atoms with Crippen LogP contribution in [0.5, 0.6) is 0 Å². The number of hydrogen-bond acceptors (Lipinski definition) is 5. The topological polar surface area (TPSA) is 52.0 Å². The number of nitrogens with zero attached hydrogens (tertiary/aromatic N) is 5. The van der Waals surface area contributed by atoms with Crippen molar-refractivity contribution in [2.45, 2.75) is 31.2 Å². The Morgan fingerprint density at radius 1 is 0.939 bits per heavy atom. The molecule has 0 unspecified atom stereocenters. The Hall–Kier alpha value is -3.09. The van der Waals surface area contributed by atoms with Gasteiger partial charge in [-0.05, 0) is 43.1 Å². The smallest absolute Gasteiger partial charge is 0.257 e. The van der Waals surface area contributed by atoms with E-state index in [4.69, 9.17) is 4.99 Å². The molecule has 168 valence electrons. The number of rotatable bonds is 4. The van der Waals surface area contributed by atoms with E-state index in [0.29, 0.717) is 6.67 Å². The van der Waals surface area contributed by atoms with Crippen LogP contribution in [0.15, 0.2) is 65.8 Å². The number of likely N-dealkylation sites (N-methyl/N-ethyl adjacent to an activating group) is 1. The van der Waals surface area contributed by atoms with Crippen LogP contribution in [0.2, 0.25) is 0 Å². The third-order valence-corrected chi connectivity index (χ3v) is 7.33. The van der Waals surface area contributed by atoms with E-state index >= 15 is 0 Å². The van der Waals surface area contributed by atoms with Crippen LogP contribution in [0.3, 0.4) is 0 Å². The number of para-hydroxylation sites is 1. The molecule has 3 aromatic rings. The predicted octanol–water partition coefficient (Wildman–Crippen LogP) is 3.97. The lowest BCUT2D eigenvalue weighted by Gasteiger charge is -2.27. The van der Waals surface area contributed by atoms with Gasteiger partial charge in [-0.2, -0.15) is 0 Å². The van der Waals surface area contributed by atoms with Crippen molar-refractivity contribution in [2.24, 2.45) is 4.99 Å². The minimum atomic E-state index is -0.541. The highest BCUT2D eigenvalue weighted by Crippen LogP contribution is 2.40. The van der Waals surface area contributed by atoms with Crippen LogP contribution in [0.25, 0.3) is 22.0 Å². The molecule has 1 saturated heterocycles. The summed E-state index contributed by atoms with van der Waals surface area (Å²) in [4.78, 5) is 29.7. The van der Waals surface area contributed by atoms with Crippen molar-refractivity contribution in [3.8, 4) is 11.1 Å². The molecular weight excluding hydrogens is 410 g/mol. The predicted molar refractivity (Wildman–Crippen MR) is 131 cm³/mol. The second-order valence-electron chi connectivity index (χ2n) is 9.62. The third-order valence-electron chi connectivity index (χ3n) is 7.33. The molecule has 6 nitrogen and oxygen atoms in total. The van der Waals surface area contributed by atoms with Gasteiger partial charge in [0.05, 0.1) is 18.9 Å². The number of hydrogen-bond donors (Lipinski definition) is 0. The first-order valence-electron chi connectivity index (χ1n) is 11.9. The fourth-order valence-corrected chi connectivity index (χ4v) is 5.55. The van der Waals surface area contributed by atoms with Gasteiger partial charge >= 0.3 is 0 Å². The first-order valence-corrected chi connectivity index (χ1v) is 11.9. The summed E-state index contributed by atoms with van der Waals surface area (Å²) in [5.74, 6) is 1.02. The Labute approximate surface area is 194 Å². The Morgan fingerprint density at radius 2 is 1.70 bits per heavy atom. The molecule has 33 heavy (non-hydrogen) atoms. The van der Waals surface area contributed by atoms with E-state index in [9.17, 15) is 4.79 Å².